The number of phenols is 3. The Kier molecular flexibility index (Phi) is 17.9. The molecule has 366 valence electrons. The van der Waals surface area contributed by atoms with Crippen molar-refractivity contribution in [3.8, 4) is 34.5 Å². The van der Waals surface area contributed by atoms with Crippen LogP contribution in [0.3, 0.4) is 0 Å². The van der Waals surface area contributed by atoms with Crippen molar-refractivity contribution in [3.05, 3.63) is 89.5 Å². The number of esters is 5. The Balaban J connectivity index is 1.53. The fraction of sp³-hybridized carbons (Fsp3) is 0.370. The molecule has 22 nitrogen and oxygen atoms in total. The van der Waals surface area contributed by atoms with E-state index in [4.69, 9.17) is 52.1 Å². The molecule has 0 amide bonds. The number of aliphatic hydroxyl groups excluding tert-OH is 3. The van der Waals surface area contributed by atoms with E-state index in [1.165, 1.54) is 94.2 Å². The Bertz CT molecular complexity index is 2370. The zero-order valence-corrected chi connectivity index (χ0v) is 37.1. The van der Waals surface area contributed by atoms with E-state index < -0.39 is 104 Å². The van der Waals surface area contributed by atoms with Crippen LogP contribution in [-0.2, 0) is 61.9 Å². The first kappa shape index (κ1) is 51.8. The summed E-state index contributed by atoms with van der Waals surface area (Å²) in [6.07, 6.45) is -8.49. The van der Waals surface area contributed by atoms with Crippen molar-refractivity contribution in [2.45, 2.75) is 68.7 Å². The molecule has 2 fully saturated rings. The SMILES string of the molecule is COc1cc(/C=C/C(=O)OC[C@H]2O[C@@](COC(=O)/C=C/c3ccc(O)c(OC)c3)(O[C@@H]3O[C@H](COC(C)=O)[C@@H](O)[C@H](O)[C@H]3OC(C)=O)[C@@H](OC(=O)/C=C/c3ccc(O)c(OC)c3)[C@@H]2O)ccc1O. The number of hydrogen-bond acceptors (Lipinski definition) is 22. The van der Waals surface area contributed by atoms with E-state index in [1.54, 1.807) is 0 Å². The molecule has 0 unspecified atom stereocenters. The van der Waals surface area contributed by atoms with Gasteiger partial charge in [0.2, 0.25) is 12.1 Å². The molecule has 5 rings (SSSR count). The monoisotopic (exact) mass is 954 g/mol. The number of rotatable bonds is 19. The number of carbonyl (C=O) groups is 5. The molecule has 22 heteroatoms. The predicted octanol–water partition coefficient (Wildman–Crippen LogP) is 1.68. The standard InChI is InChI=1S/C46H50O22/c1-24(47)61-21-35-40(55)42(57)43(64-25(2)48)45(65-35)68-46(23-63-38(53)16-10-27-7-13-30(50)33(19-27)59-4)44(66-39(54)17-11-28-8-14-31(51)34(20-28)60-5)41(56)36(67-46)22-62-37(52)15-9-26-6-12-29(49)32(18-26)58-3/h6-20,35-36,40-45,49-51,55-57H,21-23H2,1-5H3/b15-9+,16-10+,17-11+/t35-,36-,40-,41-,42+,43-,44+,45+,46+/m1/s1. The van der Waals surface area contributed by atoms with Gasteiger partial charge in [0, 0.05) is 32.1 Å². The maximum absolute atomic E-state index is 13.7. The van der Waals surface area contributed by atoms with Gasteiger partial charge in [0.25, 0.3) is 0 Å². The summed E-state index contributed by atoms with van der Waals surface area (Å²) < 4.78 is 60.6. The molecule has 2 aliphatic heterocycles. The van der Waals surface area contributed by atoms with E-state index in [0.29, 0.717) is 16.7 Å². The van der Waals surface area contributed by atoms with Gasteiger partial charge >= 0.3 is 29.8 Å². The molecule has 0 aliphatic carbocycles. The van der Waals surface area contributed by atoms with Gasteiger partial charge in [0.1, 0.15) is 50.3 Å². The first-order chi connectivity index (χ1) is 32.4. The van der Waals surface area contributed by atoms with Crippen molar-refractivity contribution in [1.29, 1.82) is 0 Å². The summed E-state index contributed by atoms with van der Waals surface area (Å²) >= 11 is 0. The van der Waals surface area contributed by atoms with Crippen LogP contribution in [0.25, 0.3) is 18.2 Å². The van der Waals surface area contributed by atoms with E-state index in [-0.39, 0.29) is 34.5 Å². The second kappa shape index (κ2) is 23.5. The molecule has 3 aromatic rings. The molecule has 0 saturated carbocycles. The number of ether oxygens (including phenoxy) is 11. The predicted molar refractivity (Wildman–Crippen MR) is 230 cm³/mol. The van der Waals surface area contributed by atoms with Crippen molar-refractivity contribution in [1.82, 2.24) is 0 Å². The lowest BCUT2D eigenvalue weighted by molar-refractivity contribution is -0.383. The molecule has 0 radical (unpaired) electrons. The van der Waals surface area contributed by atoms with Crippen LogP contribution in [-0.4, -0.2) is 156 Å². The van der Waals surface area contributed by atoms with E-state index in [1.807, 2.05) is 0 Å². The molecule has 2 heterocycles. The number of aliphatic hydroxyl groups is 3. The summed E-state index contributed by atoms with van der Waals surface area (Å²) in [6, 6.07) is 12.5. The first-order valence-electron chi connectivity index (χ1n) is 20.4. The fourth-order valence-electron chi connectivity index (χ4n) is 6.72. The summed E-state index contributed by atoms with van der Waals surface area (Å²) in [5, 5.41) is 64.0. The number of benzene rings is 3. The van der Waals surface area contributed by atoms with Crippen molar-refractivity contribution < 1.29 is 107 Å². The van der Waals surface area contributed by atoms with Gasteiger partial charge in [0.05, 0.1) is 21.3 Å². The molecule has 6 N–H and O–H groups in total. The largest absolute Gasteiger partial charge is 0.504 e. The van der Waals surface area contributed by atoms with Crippen LogP contribution in [0, 0.1) is 0 Å². The molecule has 3 aromatic carbocycles. The summed E-state index contributed by atoms with van der Waals surface area (Å²) in [4.78, 5) is 64.2. The first-order valence-corrected chi connectivity index (χ1v) is 20.4. The number of carbonyl (C=O) groups excluding carboxylic acids is 5. The summed E-state index contributed by atoms with van der Waals surface area (Å²) in [6.45, 7) is -0.550. The number of methoxy groups -OCH3 is 3. The van der Waals surface area contributed by atoms with Crippen molar-refractivity contribution in [3.63, 3.8) is 0 Å². The lowest BCUT2D eigenvalue weighted by Gasteiger charge is -2.44. The van der Waals surface area contributed by atoms with Crippen LogP contribution in [0.15, 0.2) is 72.8 Å². The minimum absolute atomic E-state index is 0.0668. The smallest absolute Gasteiger partial charge is 0.331 e. The molecule has 0 spiro atoms. The molecule has 9 atom stereocenters. The van der Waals surface area contributed by atoms with Gasteiger partial charge in [-0.15, -0.1) is 0 Å². The quantitative estimate of drug-likeness (QED) is 0.0566. The van der Waals surface area contributed by atoms with Crippen LogP contribution in [0.5, 0.6) is 34.5 Å². The third-order valence-electron chi connectivity index (χ3n) is 10.1. The lowest BCUT2D eigenvalue weighted by Crippen LogP contribution is -2.64. The van der Waals surface area contributed by atoms with E-state index >= 15 is 0 Å². The maximum Gasteiger partial charge on any atom is 0.331 e. The van der Waals surface area contributed by atoms with E-state index in [0.717, 1.165) is 32.1 Å². The second-order valence-corrected chi connectivity index (χ2v) is 14.9. The highest BCUT2D eigenvalue weighted by Crippen LogP contribution is 2.40. The Hall–Kier alpha value is -7.21. The van der Waals surface area contributed by atoms with Crippen LogP contribution in [0.2, 0.25) is 0 Å². The van der Waals surface area contributed by atoms with Gasteiger partial charge in [-0.25, -0.2) is 14.4 Å². The Labute approximate surface area is 388 Å². The third kappa shape index (κ3) is 13.5. The summed E-state index contributed by atoms with van der Waals surface area (Å²) in [5.74, 6) is -8.07. The molecule has 0 aromatic heterocycles. The highest BCUT2D eigenvalue weighted by Gasteiger charge is 2.62. The van der Waals surface area contributed by atoms with Gasteiger partial charge < -0.3 is 82.7 Å². The summed E-state index contributed by atoms with van der Waals surface area (Å²) in [5.41, 5.74) is 1.12. The van der Waals surface area contributed by atoms with E-state index in [9.17, 15) is 54.6 Å². The highest BCUT2D eigenvalue weighted by atomic mass is 16.8. The molecule has 2 aliphatic rings. The minimum atomic E-state index is -2.73. The zero-order chi connectivity index (χ0) is 49.7. The minimum Gasteiger partial charge on any atom is -0.504 e. The van der Waals surface area contributed by atoms with Crippen LogP contribution in [0.1, 0.15) is 30.5 Å². The fourth-order valence-corrected chi connectivity index (χ4v) is 6.72. The zero-order valence-electron chi connectivity index (χ0n) is 37.1. The average molecular weight is 955 g/mol. The number of hydrogen-bond donors (Lipinski definition) is 6. The molecule has 2 saturated heterocycles. The molecule has 0 bridgehead atoms. The topological polar surface area (TPSA) is 308 Å². The molecular weight excluding hydrogens is 904 g/mol. The maximum atomic E-state index is 13.7. The van der Waals surface area contributed by atoms with Crippen LogP contribution in [0.4, 0.5) is 0 Å². The van der Waals surface area contributed by atoms with Crippen molar-refractivity contribution in [2.75, 3.05) is 41.2 Å². The van der Waals surface area contributed by atoms with Gasteiger partial charge in [-0.3, -0.25) is 9.59 Å². The molecular formula is C46H50O22. The van der Waals surface area contributed by atoms with Gasteiger partial charge in [0.15, 0.2) is 46.7 Å². The number of aromatic hydroxyl groups is 3. The van der Waals surface area contributed by atoms with Crippen molar-refractivity contribution >= 4 is 48.1 Å². The van der Waals surface area contributed by atoms with Gasteiger partial charge in [-0.1, -0.05) is 18.2 Å². The average Bonchev–Trinajstić information content (AvgIpc) is 3.56. The van der Waals surface area contributed by atoms with Crippen molar-refractivity contribution in [2.24, 2.45) is 0 Å². The van der Waals surface area contributed by atoms with Crippen LogP contribution >= 0.6 is 0 Å². The Morgan fingerprint density at radius 3 is 1.53 bits per heavy atom. The Morgan fingerprint density at radius 1 is 0.588 bits per heavy atom. The Morgan fingerprint density at radius 2 is 1.06 bits per heavy atom. The normalized spacial score (nSPS) is 24.6. The molecule has 68 heavy (non-hydrogen) atoms. The van der Waals surface area contributed by atoms with Gasteiger partial charge in [-0.05, 0) is 71.3 Å². The van der Waals surface area contributed by atoms with Crippen LogP contribution < -0.4 is 14.2 Å². The highest BCUT2D eigenvalue weighted by molar-refractivity contribution is 5.88. The van der Waals surface area contributed by atoms with E-state index in [2.05, 4.69) is 0 Å². The third-order valence-corrected chi connectivity index (χ3v) is 10.1. The summed E-state index contributed by atoms with van der Waals surface area (Å²) in [7, 11) is 3.96. The lowest BCUT2D eigenvalue weighted by atomic mass is 9.98. The van der Waals surface area contributed by atoms with Gasteiger partial charge in [-0.2, -0.15) is 0 Å². The second-order valence-electron chi connectivity index (χ2n) is 14.9. The number of phenolic OH excluding ortho intramolecular Hbond substituents is 3.